The van der Waals surface area contributed by atoms with Gasteiger partial charge in [-0.05, 0) is 48.7 Å². The predicted molar refractivity (Wildman–Crippen MR) is 88.3 cm³/mol. The van der Waals surface area contributed by atoms with Crippen LogP contribution in [0, 0.1) is 13.8 Å². The van der Waals surface area contributed by atoms with Crippen molar-refractivity contribution in [3.05, 3.63) is 53.1 Å². The summed E-state index contributed by atoms with van der Waals surface area (Å²) >= 11 is 0. The SMILES string of the molecule is Cc1cccc(CC2Oc3ccc(N)cc3N(C)C2=O)c1C. The summed E-state index contributed by atoms with van der Waals surface area (Å²) in [5.74, 6) is 0.658. The normalized spacial score (nSPS) is 17.1. The van der Waals surface area contributed by atoms with Crippen molar-refractivity contribution in [3.8, 4) is 5.75 Å². The maximum atomic E-state index is 12.6. The summed E-state index contributed by atoms with van der Waals surface area (Å²) in [7, 11) is 1.76. The van der Waals surface area contributed by atoms with Crippen molar-refractivity contribution < 1.29 is 9.53 Å². The van der Waals surface area contributed by atoms with E-state index in [4.69, 9.17) is 10.5 Å². The van der Waals surface area contributed by atoms with Crippen LogP contribution in [0.2, 0.25) is 0 Å². The summed E-state index contributed by atoms with van der Waals surface area (Å²) in [6.07, 6.45) is 0.0714. The lowest BCUT2D eigenvalue weighted by molar-refractivity contribution is -0.125. The number of fused-ring (bicyclic) bond motifs is 1. The number of hydrogen-bond acceptors (Lipinski definition) is 3. The zero-order chi connectivity index (χ0) is 15.9. The fourth-order valence-corrected chi connectivity index (χ4v) is 2.80. The molecule has 4 nitrogen and oxygen atoms in total. The highest BCUT2D eigenvalue weighted by atomic mass is 16.5. The van der Waals surface area contributed by atoms with Crippen molar-refractivity contribution >= 4 is 17.3 Å². The van der Waals surface area contributed by atoms with E-state index in [0.29, 0.717) is 17.9 Å². The molecule has 1 amide bonds. The Balaban J connectivity index is 1.91. The number of nitrogens with two attached hydrogens (primary N) is 1. The molecule has 0 aromatic heterocycles. The second kappa shape index (κ2) is 5.37. The molecule has 0 aliphatic carbocycles. The molecule has 22 heavy (non-hydrogen) atoms. The Hall–Kier alpha value is -2.49. The maximum Gasteiger partial charge on any atom is 0.268 e. The van der Waals surface area contributed by atoms with E-state index in [0.717, 1.165) is 11.3 Å². The molecule has 0 spiro atoms. The van der Waals surface area contributed by atoms with Crippen LogP contribution in [0.3, 0.4) is 0 Å². The molecule has 1 atom stereocenters. The number of aryl methyl sites for hydroxylation is 1. The van der Waals surface area contributed by atoms with Gasteiger partial charge >= 0.3 is 0 Å². The number of rotatable bonds is 2. The lowest BCUT2D eigenvalue weighted by atomic mass is 9.97. The van der Waals surface area contributed by atoms with E-state index < -0.39 is 6.10 Å². The molecule has 1 unspecified atom stereocenters. The molecule has 0 saturated heterocycles. The average molecular weight is 296 g/mol. The van der Waals surface area contributed by atoms with Gasteiger partial charge in [-0.3, -0.25) is 4.79 Å². The van der Waals surface area contributed by atoms with Crippen LogP contribution in [-0.2, 0) is 11.2 Å². The average Bonchev–Trinajstić information content (AvgIpc) is 2.50. The van der Waals surface area contributed by atoms with Gasteiger partial charge in [0.2, 0.25) is 0 Å². The van der Waals surface area contributed by atoms with Gasteiger partial charge in [-0.25, -0.2) is 0 Å². The lowest BCUT2D eigenvalue weighted by Crippen LogP contribution is -2.45. The molecular weight excluding hydrogens is 276 g/mol. The van der Waals surface area contributed by atoms with Crippen LogP contribution in [0.4, 0.5) is 11.4 Å². The van der Waals surface area contributed by atoms with Crippen molar-refractivity contribution in [2.75, 3.05) is 17.7 Å². The lowest BCUT2D eigenvalue weighted by Gasteiger charge is -2.32. The van der Waals surface area contributed by atoms with Gasteiger partial charge < -0.3 is 15.4 Å². The Bertz CT molecular complexity index is 740. The van der Waals surface area contributed by atoms with Gasteiger partial charge in [0.15, 0.2) is 6.10 Å². The first kappa shape index (κ1) is 14.4. The molecule has 1 aliphatic heterocycles. The first-order valence-electron chi connectivity index (χ1n) is 7.36. The third kappa shape index (κ3) is 2.41. The minimum Gasteiger partial charge on any atom is -0.478 e. The number of carbonyl (C=O) groups excluding carboxylic acids is 1. The van der Waals surface area contributed by atoms with Gasteiger partial charge in [0.25, 0.3) is 5.91 Å². The van der Waals surface area contributed by atoms with Gasteiger partial charge in [-0.15, -0.1) is 0 Å². The van der Waals surface area contributed by atoms with Gasteiger partial charge in [-0.1, -0.05) is 18.2 Å². The van der Waals surface area contributed by atoms with E-state index in [9.17, 15) is 4.79 Å². The van der Waals surface area contributed by atoms with Crippen LogP contribution < -0.4 is 15.4 Å². The predicted octanol–water partition coefficient (Wildman–Crippen LogP) is 2.85. The van der Waals surface area contributed by atoms with Crippen LogP contribution in [0.25, 0.3) is 0 Å². The fraction of sp³-hybridized carbons (Fsp3) is 0.278. The molecule has 2 aromatic carbocycles. The summed E-state index contributed by atoms with van der Waals surface area (Å²) in [5.41, 5.74) is 10.7. The molecule has 0 fully saturated rings. The molecule has 1 aliphatic rings. The second-order valence-electron chi connectivity index (χ2n) is 5.79. The molecule has 0 bridgehead atoms. The summed E-state index contributed by atoms with van der Waals surface area (Å²) in [4.78, 5) is 14.2. The van der Waals surface area contributed by atoms with E-state index in [2.05, 4.69) is 26.0 Å². The quantitative estimate of drug-likeness (QED) is 0.867. The Kier molecular flexibility index (Phi) is 3.53. The highest BCUT2D eigenvalue weighted by molar-refractivity contribution is 6.00. The van der Waals surface area contributed by atoms with E-state index in [1.807, 2.05) is 12.1 Å². The first-order chi connectivity index (χ1) is 10.5. The van der Waals surface area contributed by atoms with Crippen molar-refractivity contribution in [3.63, 3.8) is 0 Å². The molecule has 114 valence electrons. The third-order valence-corrected chi connectivity index (χ3v) is 4.34. The zero-order valence-electron chi connectivity index (χ0n) is 13.1. The van der Waals surface area contributed by atoms with E-state index in [-0.39, 0.29) is 5.91 Å². The molecule has 0 saturated carbocycles. The van der Waals surface area contributed by atoms with Crippen molar-refractivity contribution in [2.45, 2.75) is 26.4 Å². The first-order valence-corrected chi connectivity index (χ1v) is 7.36. The Morgan fingerprint density at radius 1 is 1.23 bits per heavy atom. The summed E-state index contributed by atoms with van der Waals surface area (Å²) in [5, 5.41) is 0. The fourth-order valence-electron chi connectivity index (χ4n) is 2.80. The van der Waals surface area contributed by atoms with Crippen LogP contribution in [0.15, 0.2) is 36.4 Å². The Morgan fingerprint density at radius 3 is 2.77 bits per heavy atom. The van der Waals surface area contributed by atoms with E-state index in [1.165, 1.54) is 11.1 Å². The molecular formula is C18H20N2O2. The third-order valence-electron chi connectivity index (χ3n) is 4.34. The highest BCUT2D eigenvalue weighted by Crippen LogP contribution is 2.35. The number of anilines is 2. The number of ether oxygens (including phenoxy) is 1. The topological polar surface area (TPSA) is 55.6 Å². The second-order valence-corrected chi connectivity index (χ2v) is 5.79. The summed E-state index contributed by atoms with van der Waals surface area (Å²) in [6.45, 7) is 4.16. The van der Waals surface area contributed by atoms with Crippen molar-refractivity contribution in [2.24, 2.45) is 0 Å². The van der Waals surface area contributed by atoms with Crippen molar-refractivity contribution in [1.29, 1.82) is 0 Å². The van der Waals surface area contributed by atoms with Crippen LogP contribution >= 0.6 is 0 Å². The molecule has 4 heteroatoms. The van der Waals surface area contributed by atoms with E-state index >= 15 is 0 Å². The number of nitrogens with zero attached hydrogens (tertiary/aromatic N) is 1. The van der Waals surface area contributed by atoms with Gasteiger partial charge in [0.1, 0.15) is 5.75 Å². The number of amides is 1. The monoisotopic (exact) mass is 296 g/mol. The standard InChI is InChI=1S/C18H20N2O2/c1-11-5-4-6-13(12(11)2)9-17-18(21)20(3)15-10-14(19)7-8-16(15)22-17/h4-8,10,17H,9,19H2,1-3H3. The molecule has 1 heterocycles. The van der Waals surface area contributed by atoms with Gasteiger partial charge in [0, 0.05) is 19.2 Å². The maximum absolute atomic E-state index is 12.6. The summed E-state index contributed by atoms with van der Waals surface area (Å²) in [6, 6.07) is 11.5. The number of likely N-dealkylation sites (N-methyl/N-ethyl adjacent to an activating group) is 1. The largest absolute Gasteiger partial charge is 0.478 e. The number of nitrogen functional groups attached to an aromatic ring is 1. The van der Waals surface area contributed by atoms with Crippen LogP contribution in [0.5, 0.6) is 5.75 Å². The zero-order valence-corrected chi connectivity index (χ0v) is 13.1. The summed E-state index contributed by atoms with van der Waals surface area (Å²) < 4.78 is 5.92. The van der Waals surface area contributed by atoms with Gasteiger partial charge in [-0.2, -0.15) is 0 Å². The minimum absolute atomic E-state index is 0.0426. The van der Waals surface area contributed by atoms with Crippen molar-refractivity contribution in [1.82, 2.24) is 0 Å². The minimum atomic E-state index is -0.498. The van der Waals surface area contributed by atoms with E-state index in [1.54, 1.807) is 24.1 Å². The molecule has 0 radical (unpaired) electrons. The molecule has 3 rings (SSSR count). The molecule has 2 N–H and O–H groups in total. The van der Waals surface area contributed by atoms with Gasteiger partial charge in [0.05, 0.1) is 5.69 Å². The Morgan fingerprint density at radius 2 is 2.00 bits per heavy atom. The highest BCUT2D eigenvalue weighted by Gasteiger charge is 2.32. The number of hydrogen-bond donors (Lipinski definition) is 1. The molecule has 2 aromatic rings. The number of carbonyl (C=O) groups is 1. The smallest absolute Gasteiger partial charge is 0.268 e. The van der Waals surface area contributed by atoms with Crippen LogP contribution in [0.1, 0.15) is 16.7 Å². The number of benzene rings is 2. The van der Waals surface area contributed by atoms with Crippen LogP contribution in [-0.4, -0.2) is 19.1 Å². The Labute approximate surface area is 130 Å².